The van der Waals surface area contributed by atoms with Crippen molar-refractivity contribution in [2.24, 2.45) is 5.10 Å². The lowest BCUT2D eigenvalue weighted by atomic mass is 10.0. The second-order valence-corrected chi connectivity index (χ2v) is 7.16. The molecule has 2 N–H and O–H groups in total. The summed E-state index contributed by atoms with van der Waals surface area (Å²) in [5.74, 6) is -2.21. The van der Waals surface area contributed by atoms with Crippen molar-refractivity contribution >= 4 is 24.1 Å². The number of benzene rings is 2. The predicted molar refractivity (Wildman–Crippen MR) is 121 cm³/mol. The topological polar surface area (TPSA) is 108 Å². The van der Waals surface area contributed by atoms with E-state index in [1.807, 2.05) is 48.5 Å². The smallest absolute Gasteiger partial charge is 0.325 e. The highest BCUT2D eigenvalue weighted by atomic mass is 16.5. The minimum atomic E-state index is -1.19. The van der Waals surface area contributed by atoms with Crippen molar-refractivity contribution in [3.63, 3.8) is 0 Å². The van der Waals surface area contributed by atoms with Crippen LogP contribution in [0.3, 0.4) is 0 Å². The van der Waals surface area contributed by atoms with Crippen LogP contribution in [0.1, 0.15) is 31.4 Å². The molecule has 0 bridgehead atoms. The van der Waals surface area contributed by atoms with Gasteiger partial charge >= 0.3 is 11.9 Å². The molecule has 0 radical (unpaired) electrons. The Kier molecular flexibility index (Phi) is 10.1. The van der Waals surface area contributed by atoms with Crippen molar-refractivity contribution < 1.29 is 24.2 Å². The summed E-state index contributed by atoms with van der Waals surface area (Å²) in [5, 5.41) is 17.1. The van der Waals surface area contributed by atoms with Gasteiger partial charge in [-0.2, -0.15) is 5.10 Å². The zero-order chi connectivity index (χ0) is 23.3. The highest BCUT2D eigenvalue weighted by molar-refractivity contribution is 5.88. The molecule has 0 aromatic heterocycles. The van der Waals surface area contributed by atoms with Crippen molar-refractivity contribution in [3.8, 4) is 0 Å². The van der Waals surface area contributed by atoms with Crippen LogP contribution in [-0.2, 0) is 25.5 Å². The lowest BCUT2D eigenvalue weighted by molar-refractivity contribution is -0.148. The van der Waals surface area contributed by atoms with Gasteiger partial charge in [-0.05, 0) is 37.8 Å². The first-order chi connectivity index (χ1) is 15.4. The van der Waals surface area contributed by atoms with Gasteiger partial charge in [0.2, 0.25) is 0 Å². The fourth-order valence-electron chi connectivity index (χ4n) is 3.04. The average Bonchev–Trinajstić information content (AvgIpc) is 2.80. The summed E-state index contributed by atoms with van der Waals surface area (Å²) < 4.78 is 5.15. The number of esters is 1. The third-order valence-corrected chi connectivity index (χ3v) is 4.64. The number of carbonyl (C=O) groups is 3. The molecule has 0 aliphatic rings. The van der Waals surface area contributed by atoms with E-state index in [-0.39, 0.29) is 6.61 Å². The molecule has 2 rings (SSSR count). The van der Waals surface area contributed by atoms with Gasteiger partial charge in [0.15, 0.2) is 0 Å². The molecule has 0 heterocycles. The predicted octanol–water partition coefficient (Wildman–Crippen LogP) is 2.48. The molecule has 0 saturated heterocycles. The van der Waals surface area contributed by atoms with Crippen LogP contribution in [-0.4, -0.2) is 59.4 Å². The molecular weight excluding hydrogens is 410 g/mol. The Hall–Kier alpha value is -3.52. The number of hydrazone groups is 1. The van der Waals surface area contributed by atoms with Gasteiger partial charge in [-0.25, -0.2) is 5.01 Å². The van der Waals surface area contributed by atoms with Crippen LogP contribution >= 0.6 is 0 Å². The molecule has 2 atom stereocenters. The molecular formula is C24H29N3O5. The van der Waals surface area contributed by atoms with Crippen LogP contribution in [0.15, 0.2) is 65.8 Å². The third kappa shape index (κ3) is 8.31. The van der Waals surface area contributed by atoms with E-state index in [1.54, 1.807) is 26.0 Å². The van der Waals surface area contributed by atoms with Gasteiger partial charge in [-0.1, -0.05) is 60.7 Å². The van der Waals surface area contributed by atoms with Crippen LogP contribution in [0.5, 0.6) is 0 Å². The Morgan fingerprint density at radius 2 is 1.72 bits per heavy atom. The number of nitrogens with one attached hydrogen (secondary N) is 1. The first-order valence-corrected chi connectivity index (χ1v) is 10.5. The van der Waals surface area contributed by atoms with Crippen LogP contribution in [0.2, 0.25) is 0 Å². The van der Waals surface area contributed by atoms with Crippen molar-refractivity contribution in [2.75, 3.05) is 13.2 Å². The second kappa shape index (κ2) is 13.0. The molecule has 0 fully saturated rings. The van der Waals surface area contributed by atoms with E-state index < -0.39 is 36.5 Å². The Morgan fingerprint density at radius 1 is 1.09 bits per heavy atom. The van der Waals surface area contributed by atoms with Gasteiger partial charge in [0.05, 0.1) is 18.9 Å². The number of amides is 1. The van der Waals surface area contributed by atoms with Gasteiger partial charge in [-0.3, -0.25) is 19.7 Å². The van der Waals surface area contributed by atoms with E-state index in [9.17, 15) is 19.5 Å². The Labute approximate surface area is 187 Å². The SMILES string of the molecule is CCOC(=O)[C@H](CCc1ccccc1)N[C@@H](C)C(=O)N(CC(=O)O)N=Cc1ccccc1. The number of aliphatic carboxylic acids is 1. The van der Waals surface area contributed by atoms with E-state index in [2.05, 4.69) is 10.4 Å². The number of carboxylic acids is 1. The van der Waals surface area contributed by atoms with E-state index in [0.717, 1.165) is 16.1 Å². The quantitative estimate of drug-likeness (QED) is 0.299. The number of carbonyl (C=O) groups excluding carboxylic acids is 2. The van der Waals surface area contributed by atoms with E-state index in [4.69, 9.17) is 4.74 Å². The van der Waals surface area contributed by atoms with Gasteiger partial charge in [-0.15, -0.1) is 0 Å². The van der Waals surface area contributed by atoms with Gasteiger partial charge in [0.25, 0.3) is 5.91 Å². The number of carboxylic acid groups (broad SMARTS) is 1. The van der Waals surface area contributed by atoms with E-state index in [0.29, 0.717) is 12.8 Å². The maximum absolute atomic E-state index is 12.9. The van der Waals surface area contributed by atoms with E-state index >= 15 is 0 Å². The summed E-state index contributed by atoms with van der Waals surface area (Å²) in [6.45, 7) is 2.91. The summed E-state index contributed by atoms with van der Waals surface area (Å²) in [6.07, 6.45) is 2.46. The van der Waals surface area contributed by atoms with Crippen molar-refractivity contribution in [1.29, 1.82) is 0 Å². The second-order valence-electron chi connectivity index (χ2n) is 7.16. The molecule has 0 unspecified atom stereocenters. The fourth-order valence-corrected chi connectivity index (χ4v) is 3.04. The summed E-state index contributed by atoms with van der Waals surface area (Å²) in [7, 11) is 0. The molecule has 0 saturated carbocycles. The highest BCUT2D eigenvalue weighted by Crippen LogP contribution is 2.09. The minimum absolute atomic E-state index is 0.219. The number of hydrogen-bond acceptors (Lipinski definition) is 6. The standard InChI is InChI=1S/C24H29N3O5/c1-3-32-24(31)21(15-14-19-10-6-4-7-11-19)26-18(2)23(30)27(17-22(28)29)25-16-20-12-8-5-9-13-20/h4-13,16,18,21,26H,3,14-15,17H2,1-2H3,(H,28,29)/t18-,21-/m0/s1. The number of hydrogen-bond donors (Lipinski definition) is 2. The summed E-state index contributed by atoms with van der Waals surface area (Å²) in [5.41, 5.74) is 1.78. The average molecular weight is 440 g/mol. The van der Waals surface area contributed by atoms with Crippen LogP contribution in [0, 0.1) is 0 Å². The fraction of sp³-hybridized carbons (Fsp3) is 0.333. The van der Waals surface area contributed by atoms with Crippen molar-refractivity contribution in [2.45, 2.75) is 38.8 Å². The van der Waals surface area contributed by atoms with Gasteiger partial charge < -0.3 is 9.84 Å². The number of ether oxygens (including phenoxy) is 1. The van der Waals surface area contributed by atoms with Crippen LogP contribution < -0.4 is 5.32 Å². The largest absolute Gasteiger partial charge is 0.480 e. The zero-order valence-corrected chi connectivity index (χ0v) is 18.3. The molecule has 0 aliphatic heterocycles. The number of nitrogens with zero attached hydrogens (tertiary/aromatic N) is 2. The molecule has 0 aliphatic carbocycles. The molecule has 0 spiro atoms. The van der Waals surface area contributed by atoms with Crippen molar-refractivity contribution in [3.05, 3.63) is 71.8 Å². The number of aryl methyl sites for hydroxylation is 1. The Morgan fingerprint density at radius 3 is 2.31 bits per heavy atom. The van der Waals surface area contributed by atoms with Crippen LogP contribution in [0.25, 0.3) is 0 Å². The highest BCUT2D eigenvalue weighted by Gasteiger charge is 2.28. The van der Waals surface area contributed by atoms with Gasteiger partial charge in [0.1, 0.15) is 12.6 Å². The zero-order valence-electron chi connectivity index (χ0n) is 18.3. The Bertz CT molecular complexity index is 902. The molecule has 170 valence electrons. The maximum atomic E-state index is 12.9. The molecule has 2 aromatic carbocycles. The van der Waals surface area contributed by atoms with Crippen molar-refractivity contribution in [1.82, 2.24) is 10.3 Å². The molecule has 8 heteroatoms. The number of rotatable bonds is 12. The Balaban J connectivity index is 2.10. The van der Waals surface area contributed by atoms with E-state index in [1.165, 1.54) is 6.21 Å². The summed E-state index contributed by atoms with van der Waals surface area (Å²) in [4.78, 5) is 36.6. The van der Waals surface area contributed by atoms with Gasteiger partial charge in [0, 0.05) is 0 Å². The lowest BCUT2D eigenvalue weighted by Gasteiger charge is -2.24. The third-order valence-electron chi connectivity index (χ3n) is 4.64. The van der Waals surface area contributed by atoms with Crippen LogP contribution in [0.4, 0.5) is 0 Å². The molecule has 8 nitrogen and oxygen atoms in total. The molecule has 1 amide bonds. The maximum Gasteiger partial charge on any atom is 0.325 e. The summed E-state index contributed by atoms with van der Waals surface area (Å²) >= 11 is 0. The minimum Gasteiger partial charge on any atom is -0.480 e. The lowest BCUT2D eigenvalue weighted by Crippen LogP contribution is -2.51. The summed E-state index contributed by atoms with van der Waals surface area (Å²) in [6, 6.07) is 17.1. The monoisotopic (exact) mass is 439 g/mol. The molecule has 32 heavy (non-hydrogen) atoms. The first-order valence-electron chi connectivity index (χ1n) is 10.5. The first kappa shape index (κ1) is 24.7. The molecule has 2 aromatic rings. The normalized spacial score (nSPS) is 12.8.